The average Bonchev–Trinajstić information content (AvgIpc) is 2.14. The SMILES string of the molecule is C[O+](C)C1COC(=O)O1. The summed E-state index contributed by atoms with van der Waals surface area (Å²) in [6, 6.07) is 0. The molecular formula is C5H9O4+. The highest BCUT2D eigenvalue weighted by atomic mass is 16.9. The highest BCUT2D eigenvalue weighted by Gasteiger charge is 2.31. The zero-order valence-electron chi connectivity index (χ0n) is 5.42. The van der Waals surface area contributed by atoms with E-state index in [1.165, 1.54) is 0 Å². The molecule has 1 aliphatic rings. The Labute approximate surface area is 53.0 Å². The van der Waals surface area contributed by atoms with Crippen LogP contribution in [0.1, 0.15) is 0 Å². The Hall–Kier alpha value is -0.770. The van der Waals surface area contributed by atoms with Crippen molar-refractivity contribution in [3.05, 3.63) is 0 Å². The first-order valence-corrected chi connectivity index (χ1v) is 2.60. The Morgan fingerprint density at radius 2 is 2.33 bits per heavy atom. The Kier molecular flexibility index (Phi) is 1.57. The molecule has 1 unspecified atom stereocenters. The third-order valence-corrected chi connectivity index (χ3v) is 1.09. The predicted octanol–water partition coefficient (Wildman–Crippen LogP) is 0.291. The summed E-state index contributed by atoms with van der Waals surface area (Å²) >= 11 is 0. The zero-order chi connectivity index (χ0) is 6.85. The van der Waals surface area contributed by atoms with Gasteiger partial charge in [-0.1, -0.05) is 0 Å². The van der Waals surface area contributed by atoms with Crippen LogP contribution >= 0.6 is 0 Å². The van der Waals surface area contributed by atoms with Crippen molar-refractivity contribution < 1.29 is 18.6 Å². The molecule has 1 heterocycles. The van der Waals surface area contributed by atoms with E-state index in [0.717, 1.165) is 0 Å². The standard InChI is InChI=1S/C5H9O4/c1-9(2)4-3-7-5(6)8-4/h4H,3H2,1-2H3/q+1. The molecule has 9 heavy (non-hydrogen) atoms. The molecule has 1 fully saturated rings. The van der Waals surface area contributed by atoms with E-state index in [0.29, 0.717) is 6.61 Å². The summed E-state index contributed by atoms with van der Waals surface area (Å²) in [5.41, 5.74) is 0. The van der Waals surface area contributed by atoms with Crippen molar-refractivity contribution in [2.45, 2.75) is 6.29 Å². The monoisotopic (exact) mass is 133 g/mol. The van der Waals surface area contributed by atoms with E-state index in [1.54, 1.807) is 14.2 Å². The second-order valence-corrected chi connectivity index (χ2v) is 1.99. The van der Waals surface area contributed by atoms with Crippen LogP contribution < -0.4 is 0 Å². The third kappa shape index (κ3) is 1.32. The van der Waals surface area contributed by atoms with Gasteiger partial charge in [0.15, 0.2) is 0 Å². The van der Waals surface area contributed by atoms with Gasteiger partial charge in [-0.05, 0) is 0 Å². The molecular weight excluding hydrogens is 124 g/mol. The van der Waals surface area contributed by atoms with Crippen LogP contribution in [-0.2, 0) is 13.8 Å². The molecule has 0 N–H and O–H groups in total. The van der Waals surface area contributed by atoms with Crippen molar-refractivity contribution >= 4 is 6.16 Å². The van der Waals surface area contributed by atoms with Gasteiger partial charge in [0, 0.05) is 0 Å². The van der Waals surface area contributed by atoms with Crippen LogP contribution in [0, 0.1) is 0 Å². The van der Waals surface area contributed by atoms with E-state index in [2.05, 4.69) is 13.8 Å². The lowest BCUT2D eigenvalue weighted by Gasteiger charge is -2.10. The van der Waals surface area contributed by atoms with E-state index in [9.17, 15) is 4.79 Å². The number of carbonyl (C=O) groups is 1. The second kappa shape index (κ2) is 2.23. The molecule has 0 bridgehead atoms. The summed E-state index contributed by atoms with van der Waals surface area (Å²) < 4.78 is 11.6. The van der Waals surface area contributed by atoms with Gasteiger partial charge in [0.05, 0.1) is 0 Å². The maximum atomic E-state index is 10.3. The molecule has 0 radical (unpaired) electrons. The Bertz CT molecular complexity index is 120. The number of carbonyl (C=O) groups excluding carboxylic acids is 1. The highest BCUT2D eigenvalue weighted by Crippen LogP contribution is 2.09. The molecule has 1 saturated heterocycles. The maximum absolute atomic E-state index is 10.3. The highest BCUT2D eigenvalue weighted by molar-refractivity contribution is 5.61. The lowest BCUT2D eigenvalue weighted by molar-refractivity contribution is -0.203. The van der Waals surface area contributed by atoms with Crippen molar-refractivity contribution in [2.75, 3.05) is 20.8 Å². The molecule has 0 aliphatic carbocycles. The van der Waals surface area contributed by atoms with Gasteiger partial charge in [-0.2, -0.15) is 0 Å². The lowest BCUT2D eigenvalue weighted by atomic mass is 10.7. The van der Waals surface area contributed by atoms with Crippen molar-refractivity contribution in [2.24, 2.45) is 0 Å². The Morgan fingerprint density at radius 1 is 1.67 bits per heavy atom. The average molecular weight is 133 g/mol. The topological polar surface area (TPSA) is 38.2 Å². The van der Waals surface area contributed by atoms with Gasteiger partial charge in [0.1, 0.15) is 14.2 Å². The molecule has 0 saturated carbocycles. The molecule has 4 heteroatoms. The number of hydrogen-bond donors (Lipinski definition) is 0. The summed E-state index contributed by atoms with van der Waals surface area (Å²) in [5, 5.41) is 0. The van der Waals surface area contributed by atoms with Crippen LogP contribution in [0.15, 0.2) is 0 Å². The van der Waals surface area contributed by atoms with E-state index in [1.807, 2.05) is 0 Å². The first-order chi connectivity index (χ1) is 4.20. The minimum atomic E-state index is -0.596. The van der Waals surface area contributed by atoms with Crippen molar-refractivity contribution in [1.29, 1.82) is 0 Å². The van der Waals surface area contributed by atoms with Gasteiger partial charge in [0.25, 0.3) is 0 Å². The molecule has 0 amide bonds. The Balaban J connectivity index is 2.39. The molecule has 1 atom stereocenters. The zero-order valence-corrected chi connectivity index (χ0v) is 5.42. The molecule has 0 aromatic rings. The summed E-state index contributed by atoms with van der Waals surface area (Å²) in [7, 11) is 3.49. The van der Waals surface area contributed by atoms with Gasteiger partial charge in [-0.25, -0.2) is 4.79 Å². The summed E-state index contributed by atoms with van der Waals surface area (Å²) in [6.07, 6.45) is -0.876. The van der Waals surface area contributed by atoms with Crippen molar-refractivity contribution in [3.63, 3.8) is 0 Å². The number of hydrogen-bond acceptors (Lipinski definition) is 3. The minimum Gasteiger partial charge on any atom is -0.421 e. The van der Waals surface area contributed by atoms with Crippen LogP contribution in [0.2, 0.25) is 0 Å². The first kappa shape index (κ1) is 6.35. The summed E-state index contributed by atoms with van der Waals surface area (Å²) in [4.78, 5) is 10.3. The van der Waals surface area contributed by atoms with Crippen LogP contribution in [0.3, 0.4) is 0 Å². The molecule has 4 nitrogen and oxygen atoms in total. The fourth-order valence-electron chi connectivity index (χ4n) is 0.544. The largest absolute Gasteiger partial charge is 0.514 e. The van der Waals surface area contributed by atoms with E-state index >= 15 is 0 Å². The first-order valence-electron chi connectivity index (χ1n) is 2.60. The summed E-state index contributed by atoms with van der Waals surface area (Å²) in [6.45, 7) is 0.302. The fourth-order valence-corrected chi connectivity index (χ4v) is 0.544. The van der Waals surface area contributed by atoms with Crippen LogP contribution in [0.5, 0.6) is 0 Å². The molecule has 0 aromatic heterocycles. The lowest BCUT2D eigenvalue weighted by Crippen LogP contribution is -2.22. The van der Waals surface area contributed by atoms with Crippen LogP contribution in [0.25, 0.3) is 0 Å². The maximum Gasteiger partial charge on any atom is 0.514 e. The molecule has 0 spiro atoms. The molecule has 1 rings (SSSR count). The van der Waals surface area contributed by atoms with Gasteiger partial charge in [0.2, 0.25) is 6.61 Å². The van der Waals surface area contributed by atoms with E-state index in [4.69, 9.17) is 0 Å². The number of ether oxygens (including phenoxy) is 2. The quantitative estimate of drug-likeness (QED) is 0.381. The summed E-state index contributed by atoms with van der Waals surface area (Å²) in [5.74, 6) is 0. The minimum absolute atomic E-state index is 0.280. The number of rotatable bonds is 1. The van der Waals surface area contributed by atoms with Crippen LogP contribution in [-0.4, -0.2) is 33.3 Å². The van der Waals surface area contributed by atoms with Crippen molar-refractivity contribution in [3.8, 4) is 0 Å². The van der Waals surface area contributed by atoms with Gasteiger partial charge in [-0.15, -0.1) is 0 Å². The molecule has 1 aliphatic heterocycles. The van der Waals surface area contributed by atoms with Crippen molar-refractivity contribution in [1.82, 2.24) is 0 Å². The molecule has 0 aromatic carbocycles. The van der Waals surface area contributed by atoms with E-state index in [-0.39, 0.29) is 6.29 Å². The third-order valence-electron chi connectivity index (χ3n) is 1.09. The molecule has 52 valence electrons. The smallest absolute Gasteiger partial charge is 0.421 e. The normalized spacial score (nSPS) is 26.1. The van der Waals surface area contributed by atoms with E-state index < -0.39 is 6.16 Å². The van der Waals surface area contributed by atoms with Gasteiger partial charge < -0.3 is 13.8 Å². The van der Waals surface area contributed by atoms with Gasteiger partial charge >= 0.3 is 12.4 Å². The number of cyclic esters (lactones) is 2. The Morgan fingerprint density at radius 3 is 2.56 bits per heavy atom. The fraction of sp³-hybridized carbons (Fsp3) is 0.800. The van der Waals surface area contributed by atoms with Gasteiger partial charge in [-0.3, -0.25) is 0 Å². The van der Waals surface area contributed by atoms with Crippen LogP contribution in [0.4, 0.5) is 4.79 Å². The second-order valence-electron chi connectivity index (χ2n) is 1.99. The predicted molar refractivity (Wildman–Crippen MR) is 29.2 cm³/mol.